The molecule has 1 N–H and O–H groups in total. The molecule has 3 rings (SSSR count). The van der Waals surface area contributed by atoms with Crippen molar-refractivity contribution in [3.8, 4) is 0 Å². The Balaban J connectivity index is 1.89. The Bertz CT molecular complexity index is 785. The number of rotatable bonds is 4. The highest BCUT2D eigenvalue weighted by molar-refractivity contribution is 7.90. The van der Waals surface area contributed by atoms with E-state index in [1.807, 2.05) is 25.1 Å². The number of aromatic amines is 1. The number of hydrogen-bond donors (Lipinski definition) is 1. The van der Waals surface area contributed by atoms with Crippen LogP contribution in [0.3, 0.4) is 0 Å². The zero-order chi connectivity index (χ0) is 16.4. The highest BCUT2D eigenvalue weighted by atomic mass is 32.2. The summed E-state index contributed by atoms with van der Waals surface area (Å²) in [5.41, 5.74) is 2.71. The van der Waals surface area contributed by atoms with Crippen molar-refractivity contribution in [2.75, 3.05) is 12.8 Å². The molecule has 1 saturated heterocycles. The molecule has 0 unspecified atom stereocenters. The van der Waals surface area contributed by atoms with Crippen molar-refractivity contribution in [3.63, 3.8) is 0 Å². The fourth-order valence-corrected chi connectivity index (χ4v) is 4.05. The number of pyridine rings is 1. The van der Waals surface area contributed by atoms with Crippen LogP contribution in [0.4, 0.5) is 0 Å². The fourth-order valence-electron chi connectivity index (χ4n) is 3.22. The fraction of sp³-hybridized carbons (Fsp3) is 0.500. The average Bonchev–Trinajstić information content (AvgIpc) is 2.97. The lowest BCUT2D eigenvalue weighted by Gasteiger charge is -2.35. The normalized spacial score (nSPS) is 19.8. The van der Waals surface area contributed by atoms with Crippen LogP contribution in [-0.4, -0.2) is 41.3 Å². The number of aromatic nitrogens is 3. The van der Waals surface area contributed by atoms with E-state index < -0.39 is 9.84 Å². The van der Waals surface area contributed by atoms with Gasteiger partial charge in [-0.2, -0.15) is 5.10 Å². The van der Waals surface area contributed by atoms with E-state index in [2.05, 4.69) is 20.1 Å². The maximum atomic E-state index is 12.0. The molecular weight excluding hydrogens is 312 g/mol. The Morgan fingerprint density at radius 2 is 2.17 bits per heavy atom. The van der Waals surface area contributed by atoms with E-state index in [9.17, 15) is 8.42 Å². The molecule has 23 heavy (non-hydrogen) atoms. The molecule has 0 spiro atoms. The lowest BCUT2D eigenvalue weighted by molar-refractivity contribution is 0.133. The number of aryl methyl sites for hydroxylation is 1. The van der Waals surface area contributed by atoms with Gasteiger partial charge in [-0.15, -0.1) is 0 Å². The van der Waals surface area contributed by atoms with Gasteiger partial charge < -0.3 is 0 Å². The minimum atomic E-state index is -3.28. The van der Waals surface area contributed by atoms with Crippen molar-refractivity contribution in [1.82, 2.24) is 20.1 Å². The first-order chi connectivity index (χ1) is 10.9. The summed E-state index contributed by atoms with van der Waals surface area (Å²) >= 11 is 0. The van der Waals surface area contributed by atoms with Gasteiger partial charge >= 0.3 is 0 Å². The quantitative estimate of drug-likeness (QED) is 0.928. The Morgan fingerprint density at radius 1 is 1.35 bits per heavy atom. The molecule has 0 aromatic carbocycles. The van der Waals surface area contributed by atoms with Gasteiger partial charge in [0.05, 0.1) is 23.6 Å². The van der Waals surface area contributed by atoms with Crippen LogP contribution in [0.2, 0.25) is 0 Å². The highest BCUT2D eigenvalue weighted by Gasteiger charge is 2.30. The van der Waals surface area contributed by atoms with Gasteiger partial charge in [0.1, 0.15) is 4.90 Å². The van der Waals surface area contributed by atoms with E-state index in [4.69, 9.17) is 0 Å². The summed E-state index contributed by atoms with van der Waals surface area (Å²) in [4.78, 5) is 7.18. The summed E-state index contributed by atoms with van der Waals surface area (Å²) in [6, 6.07) is 6.05. The van der Waals surface area contributed by atoms with Gasteiger partial charge in [0, 0.05) is 18.5 Å². The second-order valence-electron chi connectivity index (χ2n) is 6.17. The van der Waals surface area contributed by atoms with Crippen LogP contribution in [0.25, 0.3) is 0 Å². The first-order valence-corrected chi connectivity index (χ1v) is 9.74. The van der Waals surface area contributed by atoms with Crippen molar-refractivity contribution in [2.24, 2.45) is 0 Å². The van der Waals surface area contributed by atoms with Gasteiger partial charge in [0.15, 0.2) is 9.84 Å². The summed E-state index contributed by atoms with van der Waals surface area (Å²) in [6.07, 6.45) is 5.78. The third-order valence-corrected chi connectivity index (χ3v) is 5.41. The summed E-state index contributed by atoms with van der Waals surface area (Å²) in [6.45, 7) is 3.63. The summed E-state index contributed by atoms with van der Waals surface area (Å²) in [5, 5.41) is 6.89. The molecule has 0 aliphatic carbocycles. The maximum absolute atomic E-state index is 12.0. The number of piperidine rings is 1. The smallest absolute Gasteiger partial charge is 0.178 e. The minimum Gasteiger partial charge on any atom is -0.289 e. The van der Waals surface area contributed by atoms with Crippen molar-refractivity contribution in [2.45, 2.75) is 43.7 Å². The van der Waals surface area contributed by atoms with Crippen LogP contribution in [0.1, 0.15) is 42.4 Å². The molecule has 1 atom stereocenters. The molecule has 7 heteroatoms. The summed E-state index contributed by atoms with van der Waals surface area (Å²) in [7, 11) is -3.28. The molecule has 1 aliphatic heterocycles. The van der Waals surface area contributed by atoms with Gasteiger partial charge in [-0.3, -0.25) is 15.0 Å². The zero-order valence-electron chi connectivity index (χ0n) is 13.5. The number of likely N-dealkylation sites (tertiary alicyclic amines) is 1. The van der Waals surface area contributed by atoms with E-state index in [-0.39, 0.29) is 6.04 Å². The van der Waals surface area contributed by atoms with Gasteiger partial charge in [-0.05, 0) is 38.4 Å². The van der Waals surface area contributed by atoms with Crippen molar-refractivity contribution < 1.29 is 8.42 Å². The molecule has 0 saturated carbocycles. The van der Waals surface area contributed by atoms with Crippen LogP contribution in [0, 0.1) is 6.92 Å². The molecule has 0 radical (unpaired) electrons. The van der Waals surface area contributed by atoms with Crippen molar-refractivity contribution >= 4 is 9.84 Å². The van der Waals surface area contributed by atoms with E-state index in [0.717, 1.165) is 37.2 Å². The van der Waals surface area contributed by atoms with E-state index in [0.29, 0.717) is 17.1 Å². The summed E-state index contributed by atoms with van der Waals surface area (Å²) < 4.78 is 24.0. The maximum Gasteiger partial charge on any atom is 0.178 e. The number of hydrogen-bond acceptors (Lipinski definition) is 5. The highest BCUT2D eigenvalue weighted by Crippen LogP contribution is 2.34. The number of sulfone groups is 1. The standard InChI is InChI=1S/C16H22N4O2S/c1-12-6-5-7-13(18-12)11-20-9-4-3-8-14(20)16-15(10-17-19-16)23(2,21)22/h5-7,10,14H,3-4,8-9,11H2,1-2H3,(H,17,19)/t14-/m0/s1. The van der Waals surface area contributed by atoms with Crippen LogP contribution in [-0.2, 0) is 16.4 Å². The number of H-pyrrole nitrogens is 1. The predicted molar refractivity (Wildman–Crippen MR) is 87.7 cm³/mol. The second kappa shape index (κ2) is 6.41. The van der Waals surface area contributed by atoms with E-state index >= 15 is 0 Å². The molecule has 0 amide bonds. The third-order valence-electron chi connectivity index (χ3n) is 4.29. The lowest BCUT2D eigenvalue weighted by Crippen LogP contribution is -2.34. The molecule has 124 valence electrons. The van der Waals surface area contributed by atoms with Gasteiger partial charge in [0.25, 0.3) is 0 Å². The second-order valence-corrected chi connectivity index (χ2v) is 8.16. The summed E-state index contributed by atoms with van der Waals surface area (Å²) in [5.74, 6) is 0. The van der Waals surface area contributed by atoms with E-state index in [1.165, 1.54) is 12.5 Å². The molecule has 1 aliphatic rings. The predicted octanol–water partition coefficient (Wildman–Crippen LogP) is 2.24. The molecule has 6 nitrogen and oxygen atoms in total. The zero-order valence-corrected chi connectivity index (χ0v) is 14.3. The average molecular weight is 334 g/mol. The monoisotopic (exact) mass is 334 g/mol. The Hall–Kier alpha value is -1.73. The molecule has 3 heterocycles. The lowest BCUT2D eigenvalue weighted by atomic mass is 9.99. The largest absolute Gasteiger partial charge is 0.289 e. The number of nitrogens with zero attached hydrogens (tertiary/aromatic N) is 3. The molecule has 1 fully saturated rings. The van der Waals surface area contributed by atoms with Crippen LogP contribution < -0.4 is 0 Å². The molecular formula is C16H22N4O2S. The van der Waals surface area contributed by atoms with Gasteiger partial charge in [0.2, 0.25) is 0 Å². The first-order valence-electron chi connectivity index (χ1n) is 7.85. The molecule has 2 aromatic heterocycles. The molecule has 2 aromatic rings. The van der Waals surface area contributed by atoms with Gasteiger partial charge in [-0.25, -0.2) is 8.42 Å². The Labute approximate surface area is 136 Å². The van der Waals surface area contributed by atoms with Crippen LogP contribution in [0.15, 0.2) is 29.3 Å². The van der Waals surface area contributed by atoms with Crippen molar-refractivity contribution in [3.05, 3.63) is 41.5 Å². The molecule has 0 bridgehead atoms. The van der Waals surface area contributed by atoms with Crippen LogP contribution >= 0.6 is 0 Å². The third kappa shape index (κ3) is 3.61. The first kappa shape index (κ1) is 16.1. The van der Waals surface area contributed by atoms with Gasteiger partial charge in [-0.1, -0.05) is 12.5 Å². The van der Waals surface area contributed by atoms with E-state index in [1.54, 1.807) is 0 Å². The Morgan fingerprint density at radius 3 is 2.91 bits per heavy atom. The Kier molecular flexibility index (Phi) is 4.50. The van der Waals surface area contributed by atoms with Crippen LogP contribution in [0.5, 0.6) is 0 Å². The number of nitrogens with one attached hydrogen (secondary N) is 1. The topological polar surface area (TPSA) is 79.0 Å². The minimum absolute atomic E-state index is 0.0401. The SMILES string of the molecule is Cc1cccc(CN2CCCC[C@H]2c2[nH]ncc2S(C)(=O)=O)n1. The van der Waals surface area contributed by atoms with Crippen molar-refractivity contribution in [1.29, 1.82) is 0 Å².